The second-order valence-corrected chi connectivity index (χ2v) is 1.83. The molecule has 0 aliphatic carbocycles. The highest BCUT2D eigenvalue weighted by molar-refractivity contribution is 6.41. The van der Waals surface area contributed by atoms with E-state index in [0.717, 1.165) is 5.54 Å². The molecule has 0 aromatic rings. The van der Waals surface area contributed by atoms with Crippen molar-refractivity contribution in [3.63, 3.8) is 0 Å². The van der Waals surface area contributed by atoms with Gasteiger partial charge in [-0.3, -0.25) is 0 Å². The van der Waals surface area contributed by atoms with Crippen LogP contribution in [0.1, 0.15) is 0 Å². The lowest BCUT2D eigenvalue weighted by molar-refractivity contribution is 0.506. The van der Waals surface area contributed by atoms with Gasteiger partial charge in [0.2, 0.25) is 5.63 Å². The van der Waals surface area contributed by atoms with E-state index >= 15 is 0 Å². The van der Waals surface area contributed by atoms with Crippen LogP contribution in [0.4, 0.5) is 4.39 Å². The van der Waals surface area contributed by atoms with Crippen LogP contribution in [-0.2, 0) is 0 Å². The summed E-state index contributed by atoms with van der Waals surface area (Å²) < 4.78 is 11.6. The van der Waals surface area contributed by atoms with Crippen molar-refractivity contribution in [3.05, 3.63) is 10.6 Å². The minimum absolute atomic E-state index is 0.191. The quantitative estimate of drug-likeness (QED) is 0.522. The molecule has 0 N–H and O–H groups in total. The summed E-state index contributed by atoms with van der Waals surface area (Å²) in [6, 6.07) is 0. The van der Waals surface area contributed by atoms with Gasteiger partial charge in [0.25, 0.3) is 0 Å². The molecule has 7 heavy (non-hydrogen) atoms. The Hall–Kier alpha value is 0.540. The standard InChI is InChI=1S/C3H2Cl3F/c4-1-2(5)3(6)7/h1,3H. The fourth-order valence-electron chi connectivity index (χ4n) is 0.0476. The Labute approximate surface area is 55.9 Å². The van der Waals surface area contributed by atoms with Crippen molar-refractivity contribution in [1.29, 1.82) is 0 Å². The molecule has 0 fully saturated rings. The zero-order valence-corrected chi connectivity index (χ0v) is 5.43. The van der Waals surface area contributed by atoms with Gasteiger partial charge in [0.05, 0.1) is 5.03 Å². The molecule has 0 aromatic carbocycles. The van der Waals surface area contributed by atoms with E-state index in [-0.39, 0.29) is 5.03 Å². The lowest BCUT2D eigenvalue weighted by atomic mass is 10.7. The van der Waals surface area contributed by atoms with Gasteiger partial charge in [-0.15, -0.1) is 0 Å². The fraction of sp³-hybridized carbons (Fsp3) is 0.333. The molecule has 0 spiro atoms. The first-order valence-electron chi connectivity index (χ1n) is 1.42. The Morgan fingerprint density at radius 1 is 1.71 bits per heavy atom. The van der Waals surface area contributed by atoms with E-state index in [1.807, 2.05) is 0 Å². The Morgan fingerprint density at radius 2 is 2.14 bits per heavy atom. The molecule has 0 aliphatic rings. The topological polar surface area (TPSA) is 0 Å². The van der Waals surface area contributed by atoms with Gasteiger partial charge in [0.1, 0.15) is 0 Å². The predicted molar refractivity (Wildman–Crippen MR) is 30.5 cm³/mol. The van der Waals surface area contributed by atoms with Gasteiger partial charge in [-0.05, 0) is 0 Å². The smallest absolute Gasteiger partial charge is 0.209 e. The number of hydrogen-bond acceptors (Lipinski definition) is 0. The molecule has 0 saturated carbocycles. The SMILES string of the molecule is FC(Cl)C(Cl)=CCl. The lowest BCUT2D eigenvalue weighted by Gasteiger charge is -1.89. The summed E-state index contributed by atoms with van der Waals surface area (Å²) in [5.74, 6) is 0. The number of alkyl halides is 2. The first kappa shape index (κ1) is 7.54. The van der Waals surface area contributed by atoms with Crippen LogP contribution in [0.25, 0.3) is 0 Å². The molecule has 0 aliphatic heterocycles. The second kappa shape index (κ2) is 3.53. The summed E-state index contributed by atoms with van der Waals surface area (Å²) in [5.41, 5.74) is -0.779. The summed E-state index contributed by atoms with van der Waals surface area (Å²) in [6.07, 6.45) is 0. The first-order chi connectivity index (χ1) is 3.18. The molecule has 0 nitrogen and oxygen atoms in total. The van der Waals surface area contributed by atoms with Crippen LogP contribution >= 0.6 is 34.8 Å². The molecule has 0 amide bonds. The van der Waals surface area contributed by atoms with Crippen molar-refractivity contribution in [3.8, 4) is 0 Å². The van der Waals surface area contributed by atoms with Crippen LogP contribution in [0.15, 0.2) is 10.6 Å². The molecule has 0 rings (SSSR count). The maximum Gasteiger partial charge on any atom is 0.209 e. The van der Waals surface area contributed by atoms with E-state index in [1.54, 1.807) is 0 Å². The van der Waals surface area contributed by atoms with Crippen LogP contribution in [0.2, 0.25) is 0 Å². The van der Waals surface area contributed by atoms with Gasteiger partial charge in [-0.25, -0.2) is 4.39 Å². The van der Waals surface area contributed by atoms with Crippen LogP contribution in [0, 0.1) is 0 Å². The third kappa shape index (κ3) is 3.15. The maximum absolute atomic E-state index is 11.6. The summed E-state index contributed by atoms with van der Waals surface area (Å²) in [6.45, 7) is 0. The van der Waals surface area contributed by atoms with Crippen LogP contribution in [0.3, 0.4) is 0 Å². The van der Waals surface area contributed by atoms with Crippen molar-refractivity contribution in [1.82, 2.24) is 0 Å². The average molecular weight is 163 g/mol. The second-order valence-electron chi connectivity index (χ2n) is 0.795. The Balaban J connectivity index is 3.56. The monoisotopic (exact) mass is 162 g/mol. The molecule has 1 unspecified atom stereocenters. The Bertz CT molecular complexity index is 78.2. The van der Waals surface area contributed by atoms with Crippen molar-refractivity contribution in [2.24, 2.45) is 0 Å². The van der Waals surface area contributed by atoms with Crippen molar-refractivity contribution < 1.29 is 4.39 Å². The van der Waals surface area contributed by atoms with E-state index in [2.05, 4.69) is 0 Å². The average Bonchev–Trinajstić information content (AvgIpc) is 1.65. The summed E-state index contributed by atoms with van der Waals surface area (Å²) in [4.78, 5) is 0. The van der Waals surface area contributed by atoms with Crippen molar-refractivity contribution >= 4 is 34.8 Å². The van der Waals surface area contributed by atoms with E-state index in [1.165, 1.54) is 0 Å². The molecule has 0 heterocycles. The molecule has 0 saturated heterocycles. The van der Waals surface area contributed by atoms with Crippen LogP contribution in [0.5, 0.6) is 0 Å². The minimum Gasteiger partial charge on any atom is -0.224 e. The molecule has 0 bridgehead atoms. The third-order valence-electron chi connectivity index (χ3n) is 0.313. The summed E-state index contributed by atoms with van der Waals surface area (Å²) in [5, 5.41) is -0.191. The van der Waals surface area contributed by atoms with Gasteiger partial charge >= 0.3 is 0 Å². The highest BCUT2D eigenvalue weighted by Gasteiger charge is 2.02. The zero-order valence-electron chi connectivity index (χ0n) is 3.17. The van der Waals surface area contributed by atoms with Crippen LogP contribution < -0.4 is 0 Å². The summed E-state index contributed by atoms with van der Waals surface area (Å²) in [7, 11) is 0. The normalized spacial score (nSPS) is 16.9. The molecule has 4 heteroatoms. The number of rotatable bonds is 1. The van der Waals surface area contributed by atoms with Crippen molar-refractivity contribution in [2.75, 3.05) is 0 Å². The van der Waals surface area contributed by atoms with E-state index in [9.17, 15) is 4.39 Å². The highest BCUT2D eigenvalue weighted by atomic mass is 35.5. The molecule has 0 aromatic heterocycles. The van der Waals surface area contributed by atoms with Gasteiger partial charge in [0.15, 0.2) is 0 Å². The van der Waals surface area contributed by atoms with Crippen molar-refractivity contribution in [2.45, 2.75) is 5.63 Å². The number of allylic oxidation sites excluding steroid dienone is 1. The van der Waals surface area contributed by atoms with E-state index in [0.29, 0.717) is 0 Å². The van der Waals surface area contributed by atoms with E-state index in [4.69, 9.17) is 34.8 Å². The first-order valence-corrected chi connectivity index (χ1v) is 2.67. The predicted octanol–water partition coefficient (Wildman–Crippen LogP) is 2.84. The molecular formula is C3H2Cl3F. The fourth-order valence-corrected chi connectivity index (χ4v) is 0.286. The molecular weight excluding hydrogens is 161 g/mol. The summed E-state index contributed by atoms with van der Waals surface area (Å²) >= 11 is 14.7. The van der Waals surface area contributed by atoms with Gasteiger partial charge in [0, 0.05) is 5.54 Å². The minimum atomic E-state index is -1.67. The number of hydrogen-bond donors (Lipinski definition) is 0. The van der Waals surface area contributed by atoms with Crippen LogP contribution in [-0.4, -0.2) is 5.63 Å². The zero-order chi connectivity index (χ0) is 5.86. The molecule has 1 atom stereocenters. The molecule has 42 valence electrons. The maximum atomic E-state index is 11.6. The van der Waals surface area contributed by atoms with Gasteiger partial charge in [-0.1, -0.05) is 34.8 Å². The Morgan fingerprint density at radius 3 is 2.14 bits per heavy atom. The largest absolute Gasteiger partial charge is 0.224 e. The molecule has 0 radical (unpaired) electrons. The highest BCUT2D eigenvalue weighted by Crippen LogP contribution is 2.15. The Kier molecular flexibility index (Phi) is 3.80. The van der Waals surface area contributed by atoms with Gasteiger partial charge in [-0.2, -0.15) is 0 Å². The van der Waals surface area contributed by atoms with Gasteiger partial charge < -0.3 is 0 Å². The lowest BCUT2D eigenvalue weighted by Crippen LogP contribution is -1.83. The number of halogens is 4. The van der Waals surface area contributed by atoms with E-state index < -0.39 is 5.63 Å². The third-order valence-corrected chi connectivity index (χ3v) is 1.31.